The second kappa shape index (κ2) is 2.39. The zero-order chi connectivity index (χ0) is 14.8. The molecule has 0 aromatic carbocycles. The van der Waals surface area contributed by atoms with E-state index in [0.29, 0.717) is 24.0 Å². The fourth-order valence-corrected chi connectivity index (χ4v) is 16.6. The van der Waals surface area contributed by atoms with Crippen LogP contribution in [0, 0.1) is 117 Å². The minimum atomic E-state index is 0.398. The maximum Gasteiger partial charge on any atom is 0.0496 e. The van der Waals surface area contributed by atoms with Gasteiger partial charge in [0.25, 0.3) is 0 Å². The SMILES string of the molecule is OCC12C3C4C5C6C3C3C7C6C6C5C5C4C1C1C(C32)C7C6(CO)C51. The van der Waals surface area contributed by atoms with Crippen molar-refractivity contribution in [2.24, 2.45) is 117 Å². The second-order valence-corrected chi connectivity index (χ2v) is 12.6. The predicted molar refractivity (Wildman–Crippen MR) is 81.9 cm³/mol. The summed E-state index contributed by atoms with van der Waals surface area (Å²) in [6.45, 7) is 1.09. The van der Waals surface area contributed by atoms with E-state index in [-0.39, 0.29) is 0 Å². The Morgan fingerprint density at radius 1 is 0.375 bits per heavy atom. The van der Waals surface area contributed by atoms with Crippen molar-refractivity contribution in [1.82, 2.24) is 0 Å². The largest absolute Gasteiger partial charge is 0.396 e. The second-order valence-electron chi connectivity index (χ2n) is 12.6. The molecule has 0 radical (unpaired) electrons. The minimum Gasteiger partial charge on any atom is -0.396 e. The molecule has 12 aliphatic carbocycles. The van der Waals surface area contributed by atoms with E-state index in [4.69, 9.17) is 0 Å². The van der Waals surface area contributed by atoms with Gasteiger partial charge < -0.3 is 10.2 Å². The molecule has 12 rings (SSSR count). The molecule has 0 aromatic rings. The van der Waals surface area contributed by atoms with Crippen LogP contribution in [0.5, 0.6) is 0 Å². The smallest absolute Gasteiger partial charge is 0.0496 e. The third-order valence-electron chi connectivity index (χ3n) is 14.6. The van der Waals surface area contributed by atoms with E-state index in [2.05, 4.69) is 0 Å². The van der Waals surface area contributed by atoms with Crippen molar-refractivity contribution < 1.29 is 10.2 Å². The molecule has 0 bridgehead atoms. The molecule has 0 spiro atoms. The molecule has 0 amide bonds. The summed E-state index contributed by atoms with van der Waals surface area (Å²) in [7, 11) is 0. The summed E-state index contributed by atoms with van der Waals surface area (Å²) in [5, 5.41) is 21.7. The Balaban J connectivity index is 1.43. The van der Waals surface area contributed by atoms with Gasteiger partial charge in [0.15, 0.2) is 0 Å². The van der Waals surface area contributed by atoms with Gasteiger partial charge in [0.05, 0.1) is 0 Å². The highest BCUT2D eigenvalue weighted by atomic mass is 16.3. The van der Waals surface area contributed by atoms with Crippen LogP contribution in [0.25, 0.3) is 0 Å². The van der Waals surface area contributed by atoms with Crippen LogP contribution >= 0.6 is 0 Å². The van der Waals surface area contributed by atoms with Crippen molar-refractivity contribution in [3.8, 4) is 0 Å². The summed E-state index contributed by atoms with van der Waals surface area (Å²) in [4.78, 5) is 0. The molecule has 24 heavy (non-hydrogen) atoms. The van der Waals surface area contributed by atoms with Crippen molar-refractivity contribution in [3.05, 3.63) is 0 Å². The lowest BCUT2D eigenvalue weighted by Gasteiger charge is -2.41. The van der Waals surface area contributed by atoms with Crippen LogP contribution in [0.4, 0.5) is 0 Å². The molecule has 12 aliphatic rings. The lowest BCUT2D eigenvalue weighted by molar-refractivity contribution is -0.0153. The van der Waals surface area contributed by atoms with Crippen LogP contribution in [-0.4, -0.2) is 23.4 Å². The number of hydrogen-bond donors (Lipinski definition) is 2. The predicted octanol–water partition coefficient (Wildman–Crippen LogP) is 1.18. The van der Waals surface area contributed by atoms with Crippen molar-refractivity contribution in [3.63, 3.8) is 0 Å². The van der Waals surface area contributed by atoms with E-state index in [0.717, 1.165) is 107 Å². The highest BCUT2D eigenvalue weighted by Gasteiger charge is 3.04. The van der Waals surface area contributed by atoms with Crippen LogP contribution in [0.3, 0.4) is 0 Å². The summed E-state index contributed by atoms with van der Waals surface area (Å²) in [5.41, 5.74) is 0.795. The van der Waals surface area contributed by atoms with Gasteiger partial charge in [-0.25, -0.2) is 0 Å². The average molecular weight is 320 g/mol. The normalized spacial score (nSPS) is 98.2. The van der Waals surface area contributed by atoms with Crippen LogP contribution in [0.2, 0.25) is 0 Å². The highest BCUT2D eigenvalue weighted by molar-refractivity contribution is 5.50. The van der Waals surface area contributed by atoms with E-state index in [9.17, 15) is 10.2 Å². The summed E-state index contributed by atoms with van der Waals surface area (Å²) < 4.78 is 0. The monoisotopic (exact) mass is 320 g/mol. The number of rotatable bonds is 2. The Hall–Kier alpha value is -0.0800. The number of aliphatic hydroxyl groups excluding tert-OH is 2. The zero-order valence-electron chi connectivity index (χ0n) is 13.7. The van der Waals surface area contributed by atoms with E-state index in [1.807, 2.05) is 0 Å². The zero-order valence-corrected chi connectivity index (χ0v) is 13.7. The molecular weight excluding hydrogens is 296 g/mol. The average Bonchev–Trinajstić information content (AvgIpc) is 3.27. The molecule has 12 saturated carbocycles. The van der Waals surface area contributed by atoms with Crippen LogP contribution in [-0.2, 0) is 0 Å². The first-order chi connectivity index (χ1) is 11.9. The Bertz CT molecular complexity index is 714. The quantitative estimate of drug-likeness (QED) is 0.802. The van der Waals surface area contributed by atoms with E-state index in [1.165, 1.54) is 0 Å². The molecule has 2 N–H and O–H groups in total. The summed E-state index contributed by atoms with van der Waals surface area (Å²) in [5.74, 6) is 17.9. The van der Waals surface area contributed by atoms with Gasteiger partial charge in [-0.1, -0.05) is 0 Å². The fourth-order valence-electron chi connectivity index (χ4n) is 16.6. The van der Waals surface area contributed by atoms with E-state index in [1.54, 1.807) is 0 Å². The highest BCUT2D eigenvalue weighted by Crippen LogP contribution is 3.06. The fraction of sp³-hybridized carbons (Fsp3) is 1.00. The molecular formula is C22H24O2. The molecule has 2 nitrogen and oxygen atoms in total. The lowest BCUT2D eigenvalue weighted by atomic mass is 9.63. The van der Waals surface area contributed by atoms with Gasteiger partial charge >= 0.3 is 0 Å². The van der Waals surface area contributed by atoms with Gasteiger partial charge in [-0.2, -0.15) is 0 Å². The van der Waals surface area contributed by atoms with Gasteiger partial charge in [-0.05, 0) is 107 Å². The molecule has 0 aliphatic heterocycles. The summed E-state index contributed by atoms with van der Waals surface area (Å²) in [6, 6.07) is 0. The first-order valence-electron chi connectivity index (χ1n) is 11.1. The number of aliphatic hydroxyl groups is 2. The maximum atomic E-state index is 10.9. The standard InChI is InChI=1S/C22H24O2/c23-1-21-15-5-3-4-6(15)10-12-8(4)16-7(3)11-9(5)17(21)13-14(18(10)21)20(12)22(16,2-24)19(11)13/h3-20,23-24H,1-2H2. The third-order valence-corrected chi connectivity index (χ3v) is 14.6. The van der Waals surface area contributed by atoms with Gasteiger partial charge in [0.1, 0.15) is 0 Å². The van der Waals surface area contributed by atoms with Crippen LogP contribution in [0.1, 0.15) is 0 Å². The van der Waals surface area contributed by atoms with Crippen LogP contribution in [0.15, 0.2) is 0 Å². The van der Waals surface area contributed by atoms with Gasteiger partial charge in [-0.3, -0.25) is 0 Å². The van der Waals surface area contributed by atoms with Crippen molar-refractivity contribution >= 4 is 0 Å². The Morgan fingerprint density at radius 2 is 0.625 bits per heavy atom. The van der Waals surface area contributed by atoms with Gasteiger partial charge in [0, 0.05) is 24.0 Å². The summed E-state index contributed by atoms with van der Waals surface area (Å²) in [6.07, 6.45) is 0. The molecule has 0 aromatic heterocycles. The molecule has 124 valence electrons. The topological polar surface area (TPSA) is 40.5 Å². The van der Waals surface area contributed by atoms with Crippen LogP contribution < -0.4 is 0 Å². The Morgan fingerprint density at radius 3 is 0.917 bits per heavy atom. The Kier molecular flexibility index (Phi) is 1.09. The maximum absolute atomic E-state index is 10.9. The molecule has 12 fully saturated rings. The summed E-state index contributed by atoms with van der Waals surface area (Å²) >= 11 is 0. The molecule has 2 heteroatoms. The van der Waals surface area contributed by atoms with Crippen molar-refractivity contribution in [2.45, 2.75) is 0 Å². The van der Waals surface area contributed by atoms with E-state index < -0.39 is 0 Å². The van der Waals surface area contributed by atoms with Crippen molar-refractivity contribution in [1.29, 1.82) is 0 Å². The van der Waals surface area contributed by atoms with Gasteiger partial charge in [-0.15, -0.1) is 0 Å². The minimum absolute atomic E-state index is 0.398. The molecule has 12 atom stereocenters. The number of hydrogen-bond acceptors (Lipinski definition) is 2. The first kappa shape index (κ1) is 10.9. The Labute approximate surface area is 141 Å². The third kappa shape index (κ3) is 0.504. The van der Waals surface area contributed by atoms with Gasteiger partial charge in [0.2, 0.25) is 0 Å². The van der Waals surface area contributed by atoms with E-state index >= 15 is 0 Å². The molecule has 0 saturated heterocycles. The first-order valence-corrected chi connectivity index (χ1v) is 11.1. The molecule has 12 unspecified atom stereocenters. The molecule has 0 heterocycles. The van der Waals surface area contributed by atoms with Crippen molar-refractivity contribution in [2.75, 3.05) is 13.2 Å². The lowest BCUT2D eigenvalue weighted by Crippen LogP contribution is -2.42.